The Hall–Kier alpha value is -1.90. The van der Waals surface area contributed by atoms with E-state index in [1.807, 2.05) is 32.0 Å². The van der Waals surface area contributed by atoms with Crippen molar-refractivity contribution < 1.29 is 4.79 Å². The molecule has 2 rings (SSSR count). The fourth-order valence-electron chi connectivity index (χ4n) is 2.03. The molecule has 0 aliphatic carbocycles. The van der Waals surface area contributed by atoms with Crippen LogP contribution in [0.25, 0.3) is 0 Å². The van der Waals surface area contributed by atoms with Gasteiger partial charge in [-0.05, 0) is 38.0 Å². The van der Waals surface area contributed by atoms with E-state index in [0.29, 0.717) is 5.69 Å². The molecule has 18 heavy (non-hydrogen) atoms. The maximum atomic E-state index is 12.5. The quantitative estimate of drug-likeness (QED) is 0.772. The molecule has 3 heteroatoms. The number of ketones is 1. The number of benzene rings is 1. The van der Waals surface area contributed by atoms with Gasteiger partial charge >= 0.3 is 0 Å². The largest absolute Gasteiger partial charge is 0.287 e. The maximum absolute atomic E-state index is 12.5. The molecule has 0 radical (unpaired) electrons. The van der Waals surface area contributed by atoms with Crippen molar-refractivity contribution in [1.29, 1.82) is 0 Å². The van der Waals surface area contributed by atoms with E-state index in [-0.39, 0.29) is 5.78 Å². The molecule has 2 aromatic rings. The van der Waals surface area contributed by atoms with E-state index in [1.165, 1.54) is 0 Å². The van der Waals surface area contributed by atoms with Gasteiger partial charge in [0, 0.05) is 18.3 Å². The van der Waals surface area contributed by atoms with E-state index in [2.05, 4.69) is 12.0 Å². The number of rotatable bonds is 4. The SMILES string of the molecule is CCCn1nccc1C(=O)c1cc(C)ccc1C. The molecule has 0 spiro atoms. The highest BCUT2D eigenvalue weighted by Crippen LogP contribution is 2.16. The summed E-state index contributed by atoms with van der Waals surface area (Å²) in [6.07, 6.45) is 2.66. The van der Waals surface area contributed by atoms with Gasteiger partial charge in [0.05, 0.1) is 0 Å². The van der Waals surface area contributed by atoms with Crippen molar-refractivity contribution >= 4 is 5.78 Å². The van der Waals surface area contributed by atoms with Crippen LogP contribution in [0.5, 0.6) is 0 Å². The van der Waals surface area contributed by atoms with Crippen molar-refractivity contribution in [1.82, 2.24) is 9.78 Å². The van der Waals surface area contributed by atoms with Gasteiger partial charge < -0.3 is 0 Å². The Labute approximate surface area is 107 Å². The van der Waals surface area contributed by atoms with E-state index in [1.54, 1.807) is 16.9 Å². The van der Waals surface area contributed by atoms with Crippen molar-refractivity contribution in [3.05, 3.63) is 52.8 Å². The lowest BCUT2D eigenvalue weighted by molar-refractivity contribution is 0.102. The zero-order valence-corrected chi connectivity index (χ0v) is 11.1. The highest BCUT2D eigenvalue weighted by molar-refractivity contribution is 6.08. The molecule has 94 valence electrons. The van der Waals surface area contributed by atoms with Crippen LogP contribution in [0.3, 0.4) is 0 Å². The third-order valence-electron chi connectivity index (χ3n) is 3.02. The first-order chi connectivity index (χ1) is 8.63. The van der Waals surface area contributed by atoms with Crippen LogP contribution in [-0.2, 0) is 6.54 Å². The van der Waals surface area contributed by atoms with Crippen LogP contribution in [0.4, 0.5) is 0 Å². The second kappa shape index (κ2) is 5.17. The van der Waals surface area contributed by atoms with E-state index in [9.17, 15) is 4.79 Å². The number of aromatic nitrogens is 2. The molecule has 0 bridgehead atoms. The summed E-state index contributed by atoms with van der Waals surface area (Å²) in [4.78, 5) is 12.5. The third-order valence-corrected chi connectivity index (χ3v) is 3.02. The van der Waals surface area contributed by atoms with Gasteiger partial charge in [-0.1, -0.05) is 24.6 Å². The van der Waals surface area contributed by atoms with E-state index in [0.717, 1.165) is 29.7 Å². The first kappa shape index (κ1) is 12.6. The fraction of sp³-hybridized carbons (Fsp3) is 0.333. The second-order valence-electron chi connectivity index (χ2n) is 4.59. The van der Waals surface area contributed by atoms with Gasteiger partial charge in [0.15, 0.2) is 0 Å². The number of hydrogen-bond donors (Lipinski definition) is 0. The Balaban J connectivity index is 2.41. The van der Waals surface area contributed by atoms with Gasteiger partial charge in [-0.2, -0.15) is 5.10 Å². The summed E-state index contributed by atoms with van der Waals surface area (Å²) in [6.45, 7) is 6.82. The molecule has 0 N–H and O–H groups in total. The highest BCUT2D eigenvalue weighted by Gasteiger charge is 2.16. The highest BCUT2D eigenvalue weighted by atomic mass is 16.1. The Morgan fingerprint density at radius 2 is 2.06 bits per heavy atom. The minimum atomic E-state index is 0.0575. The van der Waals surface area contributed by atoms with Gasteiger partial charge in [0.1, 0.15) is 5.69 Å². The van der Waals surface area contributed by atoms with Crippen molar-refractivity contribution in [2.24, 2.45) is 0 Å². The molecule has 0 atom stereocenters. The molecule has 0 saturated carbocycles. The van der Waals surface area contributed by atoms with Gasteiger partial charge in [-0.25, -0.2) is 0 Å². The minimum Gasteiger partial charge on any atom is -0.287 e. The van der Waals surface area contributed by atoms with Crippen LogP contribution in [0, 0.1) is 13.8 Å². The topological polar surface area (TPSA) is 34.9 Å². The van der Waals surface area contributed by atoms with Gasteiger partial charge in [0.2, 0.25) is 5.78 Å². The van der Waals surface area contributed by atoms with E-state index < -0.39 is 0 Å². The fourth-order valence-corrected chi connectivity index (χ4v) is 2.03. The second-order valence-corrected chi connectivity index (χ2v) is 4.59. The van der Waals surface area contributed by atoms with Crippen LogP contribution in [0.1, 0.15) is 40.5 Å². The standard InChI is InChI=1S/C15H18N2O/c1-4-9-17-14(7-8-16-17)15(18)13-10-11(2)5-6-12(13)3/h5-8,10H,4,9H2,1-3H3. The summed E-state index contributed by atoms with van der Waals surface area (Å²) in [7, 11) is 0. The summed E-state index contributed by atoms with van der Waals surface area (Å²) in [5.74, 6) is 0.0575. The predicted molar refractivity (Wildman–Crippen MR) is 71.9 cm³/mol. The first-order valence-electron chi connectivity index (χ1n) is 6.27. The number of carbonyl (C=O) groups is 1. The summed E-state index contributed by atoms with van der Waals surface area (Å²) < 4.78 is 1.78. The lowest BCUT2D eigenvalue weighted by Crippen LogP contribution is -2.12. The Morgan fingerprint density at radius 1 is 1.28 bits per heavy atom. The normalized spacial score (nSPS) is 10.6. The number of hydrogen-bond acceptors (Lipinski definition) is 2. The Bertz CT molecular complexity index is 570. The van der Waals surface area contributed by atoms with Gasteiger partial charge in [0.25, 0.3) is 0 Å². The van der Waals surface area contributed by atoms with E-state index in [4.69, 9.17) is 0 Å². The van der Waals surface area contributed by atoms with Crippen molar-refractivity contribution in [3.63, 3.8) is 0 Å². The minimum absolute atomic E-state index is 0.0575. The van der Waals surface area contributed by atoms with E-state index >= 15 is 0 Å². The first-order valence-corrected chi connectivity index (χ1v) is 6.27. The molecule has 0 fully saturated rings. The molecule has 1 aromatic carbocycles. The van der Waals surface area contributed by atoms with Crippen LogP contribution in [0.15, 0.2) is 30.5 Å². The lowest BCUT2D eigenvalue weighted by atomic mass is 10.0. The molecule has 1 aromatic heterocycles. The number of nitrogens with zero attached hydrogens (tertiary/aromatic N) is 2. The van der Waals surface area contributed by atoms with Crippen LogP contribution in [-0.4, -0.2) is 15.6 Å². The van der Waals surface area contributed by atoms with Crippen LogP contribution in [0.2, 0.25) is 0 Å². The molecule has 0 aliphatic heterocycles. The summed E-state index contributed by atoms with van der Waals surface area (Å²) in [5.41, 5.74) is 3.55. The molecular weight excluding hydrogens is 224 g/mol. The Morgan fingerprint density at radius 3 is 2.78 bits per heavy atom. The average Bonchev–Trinajstić information content (AvgIpc) is 2.80. The molecule has 0 amide bonds. The van der Waals surface area contributed by atoms with Crippen LogP contribution >= 0.6 is 0 Å². The predicted octanol–water partition coefficient (Wildman–Crippen LogP) is 3.14. The molecule has 0 aliphatic rings. The zero-order valence-electron chi connectivity index (χ0n) is 11.1. The average molecular weight is 242 g/mol. The zero-order chi connectivity index (χ0) is 13.1. The van der Waals surface area contributed by atoms with Crippen molar-refractivity contribution in [3.8, 4) is 0 Å². The molecular formula is C15H18N2O. The maximum Gasteiger partial charge on any atom is 0.211 e. The molecule has 1 heterocycles. The third kappa shape index (κ3) is 2.35. The van der Waals surface area contributed by atoms with Crippen molar-refractivity contribution in [2.45, 2.75) is 33.7 Å². The smallest absolute Gasteiger partial charge is 0.211 e. The Kier molecular flexibility index (Phi) is 3.60. The lowest BCUT2D eigenvalue weighted by Gasteiger charge is -2.08. The van der Waals surface area contributed by atoms with Gasteiger partial charge in [-0.15, -0.1) is 0 Å². The monoisotopic (exact) mass is 242 g/mol. The van der Waals surface area contributed by atoms with Crippen LogP contribution < -0.4 is 0 Å². The molecule has 0 saturated heterocycles. The molecule has 3 nitrogen and oxygen atoms in total. The summed E-state index contributed by atoms with van der Waals surface area (Å²) >= 11 is 0. The van der Waals surface area contributed by atoms with Crippen molar-refractivity contribution in [2.75, 3.05) is 0 Å². The number of carbonyl (C=O) groups excluding carboxylic acids is 1. The summed E-state index contributed by atoms with van der Waals surface area (Å²) in [6, 6.07) is 7.75. The number of aryl methyl sites for hydroxylation is 3. The van der Waals surface area contributed by atoms with Gasteiger partial charge in [-0.3, -0.25) is 9.48 Å². The summed E-state index contributed by atoms with van der Waals surface area (Å²) in [5, 5.41) is 4.20. The molecule has 0 unspecified atom stereocenters.